The van der Waals surface area contributed by atoms with E-state index in [0.29, 0.717) is 18.5 Å². The van der Waals surface area contributed by atoms with Crippen LogP contribution < -0.4 is 4.72 Å². The molecular weight excluding hydrogens is 224 g/mol. The summed E-state index contributed by atoms with van der Waals surface area (Å²) in [6, 6.07) is 10.3. The molecule has 1 unspecified atom stereocenters. The average Bonchev–Trinajstić information content (AvgIpc) is 2.28. The molecule has 86 valence electrons. The maximum Gasteiger partial charge on any atom is 0.232 e. The van der Waals surface area contributed by atoms with Crippen molar-refractivity contribution in [3.63, 3.8) is 0 Å². The molecule has 1 N–H and O–H groups in total. The highest BCUT2D eigenvalue weighted by atomic mass is 32.2. The van der Waals surface area contributed by atoms with Crippen molar-refractivity contribution in [1.29, 1.82) is 5.26 Å². The maximum atomic E-state index is 11.8. The van der Waals surface area contributed by atoms with E-state index in [2.05, 4.69) is 4.72 Å². The van der Waals surface area contributed by atoms with E-state index < -0.39 is 15.3 Å². The molecule has 1 aromatic carbocycles. The molecule has 0 bridgehead atoms. The van der Waals surface area contributed by atoms with Gasteiger partial charge in [-0.05, 0) is 12.0 Å². The van der Waals surface area contributed by atoms with Crippen LogP contribution in [0.5, 0.6) is 0 Å². The lowest BCUT2D eigenvalue weighted by atomic mass is 10.2. The lowest BCUT2D eigenvalue weighted by Crippen LogP contribution is -2.29. The predicted octanol–water partition coefficient (Wildman–Crippen LogP) is 1.58. The fourth-order valence-electron chi connectivity index (χ4n) is 1.28. The minimum atomic E-state index is -3.60. The summed E-state index contributed by atoms with van der Waals surface area (Å²) < 4.78 is 26.0. The lowest BCUT2D eigenvalue weighted by molar-refractivity contribution is 0.575. The zero-order valence-electron chi connectivity index (χ0n) is 9.05. The smallest absolute Gasteiger partial charge is 0.214 e. The number of nitriles is 1. The van der Waals surface area contributed by atoms with Crippen LogP contribution in [0, 0.1) is 11.3 Å². The molecular formula is C11H14N2O2S. The van der Waals surface area contributed by atoms with Crippen molar-refractivity contribution in [2.24, 2.45) is 0 Å². The van der Waals surface area contributed by atoms with E-state index >= 15 is 0 Å². The van der Waals surface area contributed by atoms with Crippen LogP contribution in [0.1, 0.15) is 24.2 Å². The van der Waals surface area contributed by atoms with Gasteiger partial charge in [-0.2, -0.15) is 5.26 Å². The van der Waals surface area contributed by atoms with Gasteiger partial charge in [0.2, 0.25) is 10.0 Å². The molecule has 0 radical (unpaired) electrons. The third-order valence-corrected chi connectivity index (χ3v) is 3.69. The van der Waals surface area contributed by atoms with Crippen molar-refractivity contribution in [1.82, 2.24) is 4.72 Å². The normalized spacial score (nSPS) is 13.0. The van der Waals surface area contributed by atoms with Gasteiger partial charge in [0.1, 0.15) is 0 Å². The third-order valence-electron chi connectivity index (χ3n) is 2.08. The van der Waals surface area contributed by atoms with E-state index in [1.54, 1.807) is 30.3 Å². The van der Waals surface area contributed by atoms with E-state index in [0.717, 1.165) is 0 Å². The highest BCUT2D eigenvalue weighted by molar-refractivity contribution is 7.90. The molecule has 0 aliphatic carbocycles. The van der Waals surface area contributed by atoms with Gasteiger partial charge in [0.05, 0.1) is 6.07 Å². The molecule has 0 spiro atoms. The van der Waals surface area contributed by atoms with Crippen molar-refractivity contribution in [3.05, 3.63) is 35.9 Å². The van der Waals surface area contributed by atoms with Gasteiger partial charge in [0.25, 0.3) is 0 Å². The Hall–Kier alpha value is -1.38. The van der Waals surface area contributed by atoms with Crippen LogP contribution in [0.2, 0.25) is 0 Å². The van der Waals surface area contributed by atoms with Gasteiger partial charge >= 0.3 is 0 Å². The molecule has 0 fully saturated rings. The summed E-state index contributed by atoms with van der Waals surface area (Å²) in [5.74, 6) is 0. The number of hydrogen-bond acceptors (Lipinski definition) is 3. The van der Waals surface area contributed by atoms with E-state index in [4.69, 9.17) is 5.26 Å². The summed E-state index contributed by atoms with van der Waals surface area (Å²) in [6.45, 7) is 2.22. The minimum Gasteiger partial charge on any atom is -0.214 e. The van der Waals surface area contributed by atoms with Crippen LogP contribution in [-0.4, -0.2) is 15.0 Å². The molecule has 0 heterocycles. The number of nitrogens with one attached hydrogen (secondary N) is 1. The molecule has 16 heavy (non-hydrogen) atoms. The van der Waals surface area contributed by atoms with E-state index in [1.165, 1.54) is 0 Å². The molecule has 0 amide bonds. The van der Waals surface area contributed by atoms with Crippen LogP contribution in [0.25, 0.3) is 0 Å². The topological polar surface area (TPSA) is 70.0 Å². The van der Waals surface area contributed by atoms with Crippen LogP contribution in [0.4, 0.5) is 0 Å². The number of benzene rings is 1. The first-order valence-electron chi connectivity index (χ1n) is 5.05. The largest absolute Gasteiger partial charge is 0.232 e. The number of hydrogen-bond donors (Lipinski definition) is 1. The molecule has 5 heteroatoms. The Balaban J connectivity index is 2.97. The standard InChI is InChI=1S/C11H14N2O2S/c1-2-8-13-16(14,15)11(9-12)10-6-4-3-5-7-10/h3-7,11,13H,2,8H2,1H3. The Labute approximate surface area is 96.0 Å². The van der Waals surface area contributed by atoms with Crippen molar-refractivity contribution < 1.29 is 8.42 Å². The summed E-state index contributed by atoms with van der Waals surface area (Å²) in [4.78, 5) is 0. The minimum absolute atomic E-state index is 0.355. The maximum absolute atomic E-state index is 11.8. The first-order valence-corrected chi connectivity index (χ1v) is 6.59. The molecule has 1 aromatic rings. The summed E-state index contributed by atoms with van der Waals surface area (Å²) in [6.07, 6.45) is 0.701. The summed E-state index contributed by atoms with van der Waals surface area (Å²) in [7, 11) is -3.60. The first kappa shape index (κ1) is 12.7. The molecule has 0 saturated carbocycles. The van der Waals surface area contributed by atoms with Gasteiger partial charge in [0.15, 0.2) is 5.25 Å². The molecule has 0 aliphatic heterocycles. The quantitative estimate of drug-likeness (QED) is 0.846. The summed E-state index contributed by atoms with van der Waals surface area (Å²) >= 11 is 0. The van der Waals surface area contributed by atoms with Crippen LogP contribution >= 0.6 is 0 Å². The number of rotatable bonds is 5. The third kappa shape index (κ3) is 3.05. The van der Waals surface area contributed by atoms with Gasteiger partial charge in [-0.15, -0.1) is 0 Å². The monoisotopic (exact) mass is 238 g/mol. The summed E-state index contributed by atoms with van der Waals surface area (Å²) in [5.41, 5.74) is 0.494. The fraction of sp³-hybridized carbons (Fsp3) is 0.364. The highest BCUT2D eigenvalue weighted by Gasteiger charge is 2.25. The Morgan fingerprint density at radius 2 is 2.00 bits per heavy atom. The van der Waals surface area contributed by atoms with Crippen LogP contribution in [0.15, 0.2) is 30.3 Å². The number of nitrogens with zero attached hydrogens (tertiary/aromatic N) is 1. The predicted molar refractivity (Wildman–Crippen MR) is 62.0 cm³/mol. The zero-order valence-corrected chi connectivity index (χ0v) is 9.87. The molecule has 0 saturated heterocycles. The van der Waals surface area contributed by atoms with E-state index in [9.17, 15) is 8.42 Å². The van der Waals surface area contributed by atoms with Gasteiger partial charge < -0.3 is 0 Å². The van der Waals surface area contributed by atoms with Gasteiger partial charge in [-0.1, -0.05) is 37.3 Å². The SMILES string of the molecule is CCCNS(=O)(=O)C(C#N)c1ccccc1. The van der Waals surface area contributed by atoms with Crippen LogP contribution in [-0.2, 0) is 10.0 Å². The second kappa shape index (κ2) is 5.64. The first-order chi connectivity index (χ1) is 7.61. The van der Waals surface area contributed by atoms with Crippen molar-refractivity contribution >= 4 is 10.0 Å². The van der Waals surface area contributed by atoms with Crippen LogP contribution in [0.3, 0.4) is 0 Å². The number of sulfonamides is 1. The van der Waals surface area contributed by atoms with Gasteiger partial charge in [-0.25, -0.2) is 13.1 Å². The second-order valence-corrected chi connectivity index (χ2v) is 5.21. The highest BCUT2D eigenvalue weighted by Crippen LogP contribution is 2.19. The Kier molecular flexibility index (Phi) is 4.47. The Morgan fingerprint density at radius 1 is 1.38 bits per heavy atom. The lowest BCUT2D eigenvalue weighted by Gasteiger charge is -2.11. The molecule has 1 atom stereocenters. The van der Waals surface area contributed by atoms with E-state index in [-0.39, 0.29) is 0 Å². The van der Waals surface area contributed by atoms with Gasteiger partial charge in [0, 0.05) is 6.54 Å². The van der Waals surface area contributed by atoms with Crippen molar-refractivity contribution in [2.75, 3.05) is 6.54 Å². The van der Waals surface area contributed by atoms with E-state index in [1.807, 2.05) is 13.0 Å². The van der Waals surface area contributed by atoms with Crippen molar-refractivity contribution in [3.8, 4) is 6.07 Å². The Morgan fingerprint density at radius 3 is 2.50 bits per heavy atom. The molecule has 4 nitrogen and oxygen atoms in total. The second-order valence-electron chi connectivity index (χ2n) is 3.36. The van der Waals surface area contributed by atoms with Crippen molar-refractivity contribution in [2.45, 2.75) is 18.6 Å². The fourth-order valence-corrected chi connectivity index (χ4v) is 2.59. The molecule has 0 aliphatic rings. The zero-order chi connectivity index (χ0) is 12.0. The molecule has 1 rings (SSSR count). The van der Waals surface area contributed by atoms with Gasteiger partial charge in [-0.3, -0.25) is 0 Å². The average molecular weight is 238 g/mol. The molecule has 0 aromatic heterocycles. The Bertz CT molecular complexity index is 463. The summed E-state index contributed by atoms with van der Waals surface area (Å²) in [5, 5.41) is 7.81.